The molecule has 1 aliphatic rings. The van der Waals surface area contributed by atoms with Crippen molar-refractivity contribution in [3.8, 4) is 5.75 Å². The van der Waals surface area contributed by atoms with Crippen LogP contribution in [-0.4, -0.2) is 25.5 Å². The molecule has 0 fully saturated rings. The number of nitrogens with zero attached hydrogens (tertiary/aromatic N) is 1. The van der Waals surface area contributed by atoms with Crippen LogP contribution in [-0.2, 0) is 16.4 Å². The van der Waals surface area contributed by atoms with E-state index in [0.29, 0.717) is 11.4 Å². The molecule has 1 aromatic heterocycles. The largest absolute Gasteiger partial charge is 0.497 e. The summed E-state index contributed by atoms with van der Waals surface area (Å²) in [5.74, 6) is 0.829. The Kier molecular flexibility index (Phi) is 4.61. The van der Waals surface area contributed by atoms with Crippen LogP contribution in [0.2, 0.25) is 0 Å². The van der Waals surface area contributed by atoms with Crippen LogP contribution >= 0.6 is 0 Å². The molecular formula is C20H21N3O3S. The quantitative estimate of drug-likeness (QED) is 0.704. The van der Waals surface area contributed by atoms with Crippen LogP contribution in [0.1, 0.15) is 35.6 Å². The van der Waals surface area contributed by atoms with Crippen molar-refractivity contribution < 1.29 is 13.2 Å². The third-order valence-corrected chi connectivity index (χ3v) is 6.40. The molecular weight excluding hydrogens is 362 g/mol. The lowest BCUT2D eigenvalue weighted by atomic mass is 9.80. The van der Waals surface area contributed by atoms with Gasteiger partial charge in [0, 0.05) is 17.8 Å². The Morgan fingerprint density at radius 1 is 1.19 bits per heavy atom. The number of H-pyrrole nitrogens is 1. The molecule has 0 spiro atoms. The minimum atomic E-state index is -3.67. The Labute approximate surface area is 158 Å². The first-order valence-corrected chi connectivity index (χ1v) is 10.3. The molecule has 1 aliphatic carbocycles. The number of hydrogen-bond donors (Lipinski definition) is 2. The second-order valence-corrected chi connectivity index (χ2v) is 8.29. The molecule has 0 radical (unpaired) electrons. The van der Waals surface area contributed by atoms with E-state index in [1.165, 1.54) is 0 Å². The number of fused-ring (bicyclic) bond motifs is 1. The van der Waals surface area contributed by atoms with Gasteiger partial charge in [-0.25, -0.2) is 13.4 Å². The Balaban J connectivity index is 1.68. The molecule has 140 valence electrons. The number of hydrogen-bond acceptors (Lipinski definition) is 4. The van der Waals surface area contributed by atoms with E-state index in [-0.39, 0.29) is 10.8 Å². The van der Waals surface area contributed by atoms with Crippen molar-refractivity contribution in [3.63, 3.8) is 0 Å². The second kappa shape index (κ2) is 7.08. The molecule has 27 heavy (non-hydrogen) atoms. The summed E-state index contributed by atoms with van der Waals surface area (Å²) < 4.78 is 33.5. The van der Waals surface area contributed by atoms with E-state index in [1.807, 2.05) is 18.3 Å². The van der Waals surface area contributed by atoms with Gasteiger partial charge in [-0.1, -0.05) is 12.1 Å². The first-order valence-electron chi connectivity index (χ1n) is 8.85. The molecule has 2 N–H and O–H groups in total. The summed E-state index contributed by atoms with van der Waals surface area (Å²) in [6.45, 7) is 0. The maximum Gasteiger partial charge on any atom is 0.261 e. The average molecular weight is 383 g/mol. The lowest BCUT2D eigenvalue weighted by Crippen LogP contribution is -2.18. The van der Waals surface area contributed by atoms with Crippen LogP contribution in [0, 0.1) is 0 Å². The summed E-state index contributed by atoms with van der Waals surface area (Å²) in [5, 5.41) is 0. The highest BCUT2D eigenvalue weighted by atomic mass is 32.2. The molecule has 0 saturated carbocycles. The van der Waals surface area contributed by atoms with E-state index in [4.69, 9.17) is 4.74 Å². The van der Waals surface area contributed by atoms with Gasteiger partial charge in [-0.3, -0.25) is 4.72 Å². The van der Waals surface area contributed by atoms with Crippen molar-refractivity contribution in [2.24, 2.45) is 0 Å². The molecule has 0 bridgehead atoms. The fraction of sp³-hybridized carbons (Fsp3) is 0.250. The number of aromatic nitrogens is 2. The molecule has 3 aromatic rings. The topological polar surface area (TPSA) is 84.1 Å². The summed E-state index contributed by atoms with van der Waals surface area (Å²) >= 11 is 0. The minimum Gasteiger partial charge on any atom is -0.497 e. The molecule has 0 amide bonds. The van der Waals surface area contributed by atoms with Crippen molar-refractivity contribution in [1.29, 1.82) is 0 Å². The van der Waals surface area contributed by atoms with Gasteiger partial charge in [-0.15, -0.1) is 0 Å². The SMILES string of the molecule is COc1ccc(S(=O)(=O)Nc2cccc3c2CCCC3c2cnc[nH]2)cc1. The predicted octanol–water partition coefficient (Wildman–Crippen LogP) is 3.69. The van der Waals surface area contributed by atoms with E-state index in [0.717, 1.165) is 36.1 Å². The van der Waals surface area contributed by atoms with Crippen LogP contribution in [0.3, 0.4) is 0 Å². The maximum atomic E-state index is 12.8. The summed E-state index contributed by atoms with van der Waals surface area (Å²) in [5.41, 5.74) is 3.92. The lowest BCUT2D eigenvalue weighted by Gasteiger charge is -2.27. The van der Waals surface area contributed by atoms with Gasteiger partial charge < -0.3 is 9.72 Å². The molecule has 0 aliphatic heterocycles. The molecule has 6 nitrogen and oxygen atoms in total. The van der Waals surface area contributed by atoms with Gasteiger partial charge in [0.1, 0.15) is 5.75 Å². The Bertz CT molecular complexity index is 1030. The van der Waals surface area contributed by atoms with E-state index >= 15 is 0 Å². The maximum absolute atomic E-state index is 12.8. The molecule has 1 atom stereocenters. The second-order valence-electron chi connectivity index (χ2n) is 6.61. The molecule has 2 aromatic carbocycles. The number of sulfonamides is 1. The number of ether oxygens (including phenoxy) is 1. The Morgan fingerprint density at radius 3 is 2.70 bits per heavy atom. The van der Waals surface area contributed by atoms with E-state index in [9.17, 15) is 8.42 Å². The summed E-state index contributed by atoms with van der Waals surface area (Å²) in [4.78, 5) is 7.53. The van der Waals surface area contributed by atoms with Gasteiger partial charge in [-0.05, 0) is 60.7 Å². The van der Waals surface area contributed by atoms with Crippen LogP contribution in [0.5, 0.6) is 5.75 Å². The van der Waals surface area contributed by atoms with Gasteiger partial charge in [0.15, 0.2) is 0 Å². The first-order chi connectivity index (χ1) is 13.1. The highest BCUT2D eigenvalue weighted by molar-refractivity contribution is 7.92. The first kappa shape index (κ1) is 17.6. The van der Waals surface area contributed by atoms with Crippen LogP contribution in [0.25, 0.3) is 0 Å². The third kappa shape index (κ3) is 3.42. The number of rotatable bonds is 5. The highest BCUT2D eigenvalue weighted by Crippen LogP contribution is 2.39. The molecule has 0 saturated heterocycles. The summed E-state index contributed by atoms with van der Waals surface area (Å²) in [6, 6.07) is 12.2. The Hall–Kier alpha value is -2.80. The number of methoxy groups -OCH3 is 1. The van der Waals surface area contributed by atoms with Gasteiger partial charge in [0.05, 0.1) is 24.0 Å². The highest BCUT2D eigenvalue weighted by Gasteiger charge is 2.26. The van der Waals surface area contributed by atoms with Crippen molar-refractivity contribution in [3.05, 3.63) is 71.8 Å². The smallest absolute Gasteiger partial charge is 0.261 e. The summed E-state index contributed by atoms with van der Waals surface area (Å²) in [6.07, 6.45) is 6.39. The molecule has 4 rings (SSSR count). The minimum absolute atomic E-state index is 0.210. The predicted molar refractivity (Wildman–Crippen MR) is 104 cm³/mol. The van der Waals surface area contributed by atoms with Gasteiger partial charge in [0.25, 0.3) is 10.0 Å². The van der Waals surface area contributed by atoms with Crippen molar-refractivity contribution >= 4 is 15.7 Å². The standard InChI is InChI=1S/C20H21N3O3S/c1-26-14-8-10-15(11-9-14)27(24,25)23-19-7-3-4-16-17(19)5-2-6-18(16)20-12-21-13-22-20/h3-4,7-13,18,23H,2,5-6H2,1H3,(H,21,22). The zero-order valence-electron chi connectivity index (χ0n) is 15.0. The van der Waals surface area contributed by atoms with Crippen molar-refractivity contribution in [1.82, 2.24) is 9.97 Å². The van der Waals surface area contributed by atoms with Crippen molar-refractivity contribution in [2.45, 2.75) is 30.1 Å². The van der Waals surface area contributed by atoms with E-state index in [1.54, 1.807) is 37.7 Å². The van der Waals surface area contributed by atoms with Gasteiger partial charge in [-0.2, -0.15) is 0 Å². The van der Waals surface area contributed by atoms with E-state index in [2.05, 4.69) is 20.8 Å². The number of benzene rings is 2. The van der Waals surface area contributed by atoms with E-state index < -0.39 is 10.0 Å². The molecule has 1 heterocycles. The third-order valence-electron chi connectivity index (χ3n) is 5.02. The van der Waals surface area contributed by atoms with Crippen molar-refractivity contribution in [2.75, 3.05) is 11.8 Å². The zero-order valence-corrected chi connectivity index (χ0v) is 15.8. The van der Waals surface area contributed by atoms with Gasteiger partial charge in [0.2, 0.25) is 0 Å². The van der Waals surface area contributed by atoms with Crippen LogP contribution < -0.4 is 9.46 Å². The normalized spacial score (nSPS) is 16.6. The number of aromatic amines is 1. The van der Waals surface area contributed by atoms with Gasteiger partial charge >= 0.3 is 0 Å². The van der Waals surface area contributed by atoms with Crippen LogP contribution in [0.4, 0.5) is 5.69 Å². The fourth-order valence-corrected chi connectivity index (χ4v) is 4.78. The number of imidazole rings is 1. The van der Waals surface area contributed by atoms with Crippen LogP contribution in [0.15, 0.2) is 59.9 Å². The fourth-order valence-electron chi connectivity index (χ4n) is 3.68. The zero-order chi connectivity index (χ0) is 18.9. The molecule has 7 heteroatoms. The summed E-state index contributed by atoms with van der Waals surface area (Å²) in [7, 11) is -2.12. The molecule has 1 unspecified atom stereocenters. The number of nitrogens with one attached hydrogen (secondary N) is 2. The average Bonchev–Trinajstić information content (AvgIpc) is 3.22. The lowest BCUT2D eigenvalue weighted by molar-refractivity contribution is 0.414. The monoisotopic (exact) mass is 383 g/mol. The Morgan fingerprint density at radius 2 is 2.00 bits per heavy atom. The number of anilines is 1.